The first-order valence-corrected chi connectivity index (χ1v) is 6.87. The molecule has 3 heteroatoms. The molecule has 106 valence electrons. The smallest absolute Gasteiger partial charge is 0.337 e. The van der Waals surface area contributed by atoms with Crippen LogP contribution in [0.15, 0.2) is 54.6 Å². The monoisotopic (exact) mass is 280 g/mol. The van der Waals surface area contributed by atoms with Gasteiger partial charge in [-0.05, 0) is 35.4 Å². The highest BCUT2D eigenvalue weighted by Gasteiger charge is 2.22. The third-order valence-electron chi connectivity index (χ3n) is 3.48. The molecular weight excluding hydrogens is 264 g/mol. The Balaban J connectivity index is 1.73. The van der Waals surface area contributed by atoms with E-state index < -0.39 is 0 Å². The SMILES string of the molecule is COC(=O)c1ccc2c(c1)CC(/C=C/c1ccccc1)O2. The minimum absolute atomic E-state index is 0.00750. The molecule has 2 aromatic carbocycles. The second-order valence-corrected chi connectivity index (χ2v) is 4.94. The summed E-state index contributed by atoms with van der Waals surface area (Å²) in [5.41, 5.74) is 2.75. The van der Waals surface area contributed by atoms with Crippen molar-refractivity contribution in [3.63, 3.8) is 0 Å². The highest BCUT2D eigenvalue weighted by atomic mass is 16.5. The number of hydrogen-bond donors (Lipinski definition) is 0. The van der Waals surface area contributed by atoms with Gasteiger partial charge >= 0.3 is 5.97 Å². The highest BCUT2D eigenvalue weighted by molar-refractivity contribution is 5.89. The maximum absolute atomic E-state index is 11.5. The van der Waals surface area contributed by atoms with Gasteiger partial charge in [0.1, 0.15) is 11.9 Å². The summed E-state index contributed by atoms with van der Waals surface area (Å²) in [4.78, 5) is 11.5. The van der Waals surface area contributed by atoms with Crippen LogP contribution in [0.25, 0.3) is 6.08 Å². The molecule has 1 unspecified atom stereocenters. The lowest BCUT2D eigenvalue weighted by Gasteiger charge is -2.04. The number of carbonyl (C=O) groups is 1. The van der Waals surface area contributed by atoms with Crippen LogP contribution in [0, 0.1) is 0 Å². The molecule has 1 heterocycles. The standard InChI is InChI=1S/C18H16O3/c1-20-18(19)14-8-10-17-15(11-14)12-16(21-17)9-7-13-5-3-2-4-6-13/h2-11,16H,12H2,1H3/b9-7+. The molecule has 0 N–H and O–H groups in total. The number of ether oxygens (including phenoxy) is 2. The molecule has 21 heavy (non-hydrogen) atoms. The Hall–Kier alpha value is -2.55. The molecule has 0 saturated heterocycles. The number of hydrogen-bond acceptors (Lipinski definition) is 3. The number of rotatable bonds is 3. The van der Waals surface area contributed by atoms with E-state index in [0.717, 1.165) is 23.3 Å². The van der Waals surface area contributed by atoms with Crippen molar-refractivity contribution in [3.05, 3.63) is 71.3 Å². The van der Waals surface area contributed by atoms with Gasteiger partial charge in [0.05, 0.1) is 12.7 Å². The average molecular weight is 280 g/mol. The lowest BCUT2D eigenvalue weighted by Crippen LogP contribution is -2.08. The summed E-state index contributed by atoms with van der Waals surface area (Å²) in [5, 5.41) is 0. The average Bonchev–Trinajstić information content (AvgIpc) is 2.95. The van der Waals surface area contributed by atoms with Crippen LogP contribution in [0.3, 0.4) is 0 Å². The molecular formula is C18H16O3. The molecule has 0 aliphatic carbocycles. The molecule has 0 bridgehead atoms. The fourth-order valence-corrected chi connectivity index (χ4v) is 2.41. The maximum atomic E-state index is 11.5. The van der Waals surface area contributed by atoms with Gasteiger partial charge in [0, 0.05) is 6.42 Å². The summed E-state index contributed by atoms with van der Waals surface area (Å²) in [6.45, 7) is 0. The lowest BCUT2D eigenvalue weighted by molar-refractivity contribution is 0.0600. The molecule has 1 aliphatic heterocycles. The summed E-state index contributed by atoms with van der Waals surface area (Å²) in [6.07, 6.45) is 4.88. The first-order valence-electron chi connectivity index (χ1n) is 6.87. The molecule has 0 aromatic heterocycles. The number of carbonyl (C=O) groups excluding carboxylic acids is 1. The summed E-state index contributed by atoms with van der Waals surface area (Å²) >= 11 is 0. The number of benzene rings is 2. The molecule has 0 saturated carbocycles. The molecule has 1 aliphatic rings. The van der Waals surface area contributed by atoms with Crippen molar-refractivity contribution < 1.29 is 14.3 Å². The zero-order chi connectivity index (χ0) is 14.7. The highest BCUT2D eigenvalue weighted by Crippen LogP contribution is 2.30. The Kier molecular flexibility index (Phi) is 3.73. The van der Waals surface area contributed by atoms with Crippen LogP contribution in [0.5, 0.6) is 5.75 Å². The van der Waals surface area contributed by atoms with Gasteiger partial charge in [-0.25, -0.2) is 4.79 Å². The molecule has 3 nitrogen and oxygen atoms in total. The maximum Gasteiger partial charge on any atom is 0.337 e. The van der Waals surface area contributed by atoms with Crippen molar-refractivity contribution in [2.24, 2.45) is 0 Å². The second-order valence-electron chi connectivity index (χ2n) is 4.94. The van der Waals surface area contributed by atoms with E-state index in [1.54, 1.807) is 6.07 Å². The van der Waals surface area contributed by atoms with Crippen molar-refractivity contribution in [2.75, 3.05) is 7.11 Å². The lowest BCUT2D eigenvalue weighted by atomic mass is 10.1. The second kappa shape index (κ2) is 5.83. The van der Waals surface area contributed by atoms with E-state index in [1.165, 1.54) is 7.11 Å². The van der Waals surface area contributed by atoms with E-state index in [9.17, 15) is 4.79 Å². The first-order chi connectivity index (χ1) is 10.3. The minimum Gasteiger partial charge on any atom is -0.486 e. The number of esters is 1. The van der Waals surface area contributed by atoms with Gasteiger partial charge in [-0.3, -0.25) is 0 Å². The van der Waals surface area contributed by atoms with Crippen molar-refractivity contribution in [2.45, 2.75) is 12.5 Å². The van der Waals surface area contributed by atoms with Crippen LogP contribution in [-0.4, -0.2) is 19.2 Å². The number of fused-ring (bicyclic) bond motifs is 1. The molecule has 0 spiro atoms. The van der Waals surface area contributed by atoms with Crippen molar-refractivity contribution >= 4 is 12.0 Å². The normalized spacial score (nSPS) is 16.5. The van der Waals surface area contributed by atoms with E-state index in [-0.39, 0.29) is 12.1 Å². The Labute approximate surface area is 123 Å². The van der Waals surface area contributed by atoms with Gasteiger partial charge in [0.25, 0.3) is 0 Å². The largest absolute Gasteiger partial charge is 0.486 e. The van der Waals surface area contributed by atoms with Gasteiger partial charge in [0.2, 0.25) is 0 Å². The van der Waals surface area contributed by atoms with E-state index in [0.29, 0.717) is 5.56 Å². The van der Waals surface area contributed by atoms with Crippen LogP contribution in [0.4, 0.5) is 0 Å². The summed E-state index contributed by atoms with van der Waals surface area (Å²) in [5.74, 6) is 0.520. The molecule has 0 fully saturated rings. The van der Waals surface area contributed by atoms with Gasteiger partial charge in [-0.1, -0.05) is 36.4 Å². The van der Waals surface area contributed by atoms with Crippen molar-refractivity contribution in [1.29, 1.82) is 0 Å². The Morgan fingerprint density at radius 3 is 2.81 bits per heavy atom. The van der Waals surface area contributed by atoms with Crippen LogP contribution in [0.1, 0.15) is 21.5 Å². The van der Waals surface area contributed by atoms with Gasteiger partial charge in [-0.15, -0.1) is 0 Å². The zero-order valence-corrected chi connectivity index (χ0v) is 11.8. The van der Waals surface area contributed by atoms with E-state index in [4.69, 9.17) is 9.47 Å². The van der Waals surface area contributed by atoms with Gasteiger partial charge in [-0.2, -0.15) is 0 Å². The Morgan fingerprint density at radius 1 is 1.24 bits per heavy atom. The van der Waals surface area contributed by atoms with Crippen LogP contribution in [-0.2, 0) is 11.2 Å². The molecule has 3 rings (SSSR count). The molecule has 0 amide bonds. The summed E-state index contributed by atoms with van der Waals surface area (Å²) in [7, 11) is 1.39. The van der Waals surface area contributed by atoms with Gasteiger partial charge < -0.3 is 9.47 Å². The zero-order valence-electron chi connectivity index (χ0n) is 11.8. The summed E-state index contributed by atoms with van der Waals surface area (Å²) < 4.78 is 10.6. The molecule has 2 aromatic rings. The van der Waals surface area contributed by atoms with Crippen LogP contribution >= 0.6 is 0 Å². The summed E-state index contributed by atoms with van der Waals surface area (Å²) in [6, 6.07) is 15.5. The fraction of sp³-hybridized carbons (Fsp3) is 0.167. The van der Waals surface area contributed by atoms with Crippen molar-refractivity contribution in [1.82, 2.24) is 0 Å². The third-order valence-corrected chi connectivity index (χ3v) is 3.48. The Bertz CT molecular complexity index is 674. The van der Waals surface area contributed by atoms with E-state index >= 15 is 0 Å². The predicted molar refractivity (Wildman–Crippen MR) is 81.4 cm³/mol. The van der Waals surface area contributed by atoms with Crippen molar-refractivity contribution in [3.8, 4) is 5.75 Å². The number of methoxy groups -OCH3 is 1. The predicted octanol–water partition coefficient (Wildman–Crippen LogP) is 3.49. The quantitative estimate of drug-likeness (QED) is 0.807. The Morgan fingerprint density at radius 2 is 2.05 bits per heavy atom. The molecule has 0 radical (unpaired) electrons. The van der Waals surface area contributed by atoms with Gasteiger partial charge in [0.15, 0.2) is 0 Å². The minimum atomic E-state index is -0.318. The van der Waals surface area contributed by atoms with E-state index in [1.807, 2.05) is 48.5 Å². The third kappa shape index (κ3) is 2.97. The molecule has 1 atom stereocenters. The topological polar surface area (TPSA) is 35.5 Å². The van der Waals surface area contributed by atoms with E-state index in [2.05, 4.69) is 6.08 Å². The fourth-order valence-electron chi connectivity index (χ4n) is 2.41. The van der Waals surface area contributed by atoms with Crippen LogP contribution in [0.2, 0.25) is 0 Å². The van der Waals surface area contributed by atoms with Crippen LogP contribution < -0.4 is 4.74 Å². The first kappa shape index (κ1) is 13.4.